The number of carbonyl (C=O) groups excluding carboxylic acids is 2. The van der Waals surface area contributed by atoms with Crippen molar-refractivity contribution < 1.29 is 104 Å². The minimum absolute atomic E-state index is 0.0325. The summed E-state index contributed by atoms with van der Waals surface area (Å²) < 4.78 is 40.2. The number of allylic oxidation sites excluding steroid dienone is 2. The van der Waals surface area contributed by atoms with Crippen LogP contribution in [0, 0.1) is 50.2 Å². The molecule has 24 atom stereocenters. The fourth-order valence-corrected chi connectivity index (χ4v) is 15.0. The molecule has 392 valence electrons. The summed E-state index contributed by atoms with van der Waals surface area (Å²) in [4.78, 5) is 40.7. The molecule has 7 fully saturated rings. The lowest BCUT2D eigenvalue weighted by molar-refractivity contribution is -0.358. The molecular weight excluding hydrogens is 913 g/mol. The standard InChI is InChI=1S/C48H74O21/c1-43(41(61)63-6)13-15-48(42(62)69-39-32(56)30(54)29(53)24(18-49)65-39)16-14-46(4)21(22(48)17-43)7-8-26-44(2)11-10-27(45(3,20-50)25(44)9-12-47(26,46)5)66-40-34(58)35(33(57)36(68-40)37(59)60)67-38-31(55)28(52)23(51)19-64-38/h7,22-36,38-40,49-58H,8-20H2,1-6H3,(H,59,60)/t22-,23-,24+,25+,26+,27-,28-,29+,30-,31+,32+,33-,34+,35-,36-,38-,39-,40+,43+,44-,45-,46+,47+,48-/m0/s1. The van der Waals surface area contributed by atoms with Crippen LogP contribution >= 0.6 is 0 Å². The predicted molar refractivity (Wildman–Crippen MR) is 232 cm³/mol. The van der Waals surface area contributed by atoms with E-state index in [1.54, 1.807) is 0 Å². The molecule has 0 unspecified atom stereocenters. The van der Waals surface area contributed by atoms with Crippen LogP contribution in [0.2, 0.25) is 0 Å². The van der Waals surface area contributed by atoms with Gasteiger partial charge in [-0.15, -0.1) is 0 Å². The van der Waals surface area contributed by atoms with E-state index in [-0.39, 0.29) is 36.7 Å². The summed E-state index contributed by atoms with van der Waals surface area (Å²) in [5, 5.41) is 117. The Morgan fingerprint density at radius 2 is 1.39 bits per heavy atom. The number of hydrogen-bond donors (Lipinski definition) is 11. The van der Waals surface area contributed by atoms with Crippen molar-refractivity contribution in [3.8, 4) is 0 Å². The summed E-state index contributed by atoms with van der Waals surface area (Å²) in [7, 11) is 1.34. The van der Waals surface area contributed by atoms with E-state index in [9.17, 15) is 70.6 Å². The summed E-state index contributed by atoms with van der Waals surface area (Å²) in [6, 6.07) is 0. The van der Waals surface area contributed by atoms with Crippen LogP contribution in [0.15, 0.2) is 11.6 Å². The lowest BCUT2D eigenvalue weighted by Crippen LogP contribution is -2.67. The molecule has 0 aromatic heterocycles. The average Bonchev–Trinajstić information content (AvgIpc) is 3.31. The van der Waals surface area contributed by atoms with Crippen molar-refractivity contribution in [3.05, 3.63) is 11.6 Å². The van der Waals surface area contributed by atoms with E-state index in [1.807, 2.05) is 13.8 Å². The van der Waals surface area contributed by atoms with E-state index < -0.39 is 156 Å². The SMILES string of the molecule is COC(=O)[C@]1(C)CC[C@]2(C(=O)O[C@@H]3O[C@H](CO)[C@@H](O)[C@H](O)[C@H]3O)CC[C@]3(C)C(=CC[C@@H]4[C@@]5(C)CC[C@H](O[C@@H]6O[C@H](C(=O)O)[C@@H](O)[C@H](O[C@@H]7OC[C@H](O)[C@H](O)[C@H]7O)[C@H]6O)[C@@](C)(CO)[C@@H]5CC[C@]43C)[C@@H]2C1. The van der Waals surface area contributed by atoms with Gasteiger partial charge in [0.15, 0.2) is 18.7 Å². The van der Waals surface area contributed by atoms with Crippen LogP contribution in [0.4, 0.5) is 0 Å². The molecule has 3 saturated heterocycles. The molecule has 0 aromatic carbocycles. The van der Waals surface area contributed by atoms with Gasteiger partial charge in [0.05, 0.1) is 43.9 Å². The number of carboxylic acids is 1. The van der Waals surface area contributed by atoms with Crippen LogP contribution < -0.4 is 0 Å². The zero-order valence-corrected chi connectivity index (χ0v) is 40.2. The Morgan fingerprint density at radius 1 is 0.710 bits per heavy atom. The first-order valence-electron chi connectivity index (χ1n) is 24.4. The number of rotatable bonds is 10. The smallest absolute Gasteiger partial charge is 0.335 e. The van der Waals surface area contributed by atoms with Crippen molar-refractivity contribution in [2.75, 3.05) is 26.9 Å². The van der Waals surface area contributed by atoms with E-state index >= 15 is 0 Å². The number of aliphatic hydroxyl groups is 10. The highest BCUT2D eigenvalue weighted by Crippen LogP contribution is 2.76. The van der Waals surface area contributed by atoms with Gasteiger partial charge in [-0.1, -0.05) is 39.3 Å². The van der Waals surface area contributed by atoms with E-state index in [4.69, 9.17) is 33.2 Å². The van der Waals surface area contributed by atoms with Gasteiger partial charge in [-0.25, -0.2) is 4.79 Å². The molecule has 5 aliphatic carbocycles. The molecule has 69 heavy (non-hydrogen) atoms. The average molecular weight is 987 g/mol. The lowest BCUT2D eigenvalue weighted by Gasteiger charge is -2.71. The second-order valence-electron chi connectivity index (χ2n) is 22.8. The van der Waals surface area contributed by atoms with Crippen LogP contribution in [0.3, 0.4) is 0 Å². The van der Waals surface area contributed by atoms with Gasteiger partial charge in [0, 0.05) is 5.41 Å². The Morgan fingerprint density at radius 3 is 2.04 bits per heavy atom. The second kappa shape index (κ2) is 18.8. The Bertz CT molecular complexity index is 1970. The van der Waals surface area contributed by atoms with E-state index in [0.717, 1.165) is 5.57 Å². The maximum atomic E-state index is 14.8. The van der Waals surface area contributed by atoms with Gasteiger partial charge in [-0.05, 0) is 105 Å². The molecule has 3 aliphatic heterocycles. The van der Waals surface area contributed by atoms with Gasteiger partial charge in [0.2, 0.25) is 6.29 Å². The third kappa shape index (κ3) is 8.12. The third-order valence-electron chi connectivity index (χ3n) is 19.5. The fourth-order valence-electron chi connectivity index (χ4n) is 15.0. The van der Waals surface area contributed by atoms with Crippen molar-refractivity contribution >= 4 is 17.9 Å². The number of hydrogen-bond acceptors (Lipinski definition) is 20. The number of esters is 2. The molecule has 8 aliphatic rings. The molecule has 21 nitrogen and oxygen atoms in total. The number of aliphatic carboxylic acids is 1. The van der Waals surface area contributed by atoms with E-state index in [0.29, 0.717) is 51.4 Å². The largest absolute Gasteiger partial charge is 0.479 e. The highest BCUT2D eigenvalue weighted by atomic mass is 16.7. The van der Waals surface area contributed by atoms with Crippen molar-refractivity contribution in [1.82, 2.24) is 0 Å². The molecule has 3 heterocycles. The van der Waals surface area contributed by atoms with Crippen molar-refractivity contribution in [2.45, 2.75) is 191 Å². The summed E-state index contributed by atoms with van der Waals surface area (Å²) in [6.07, 6.45) is -17.9. The fraction of sp³-hybridized carbons (Fsp3) is 0.896. The normalized spacial score (nSPS) is 53.0. The number of carboxylic acid groups (broad SMARTS) is 1. The molecule has 21 heteroatoms. The zero-order valence-electron chi connectivity index (χ0n) is 40.2. The first-order chi connectivity index (χ1) is 32.3. The van der Waals surface area contributed by atoms with Crippen molar-refractivity contribution in [1.29, 1.82) is 0 Å². The summed E-state index contributed by atoms with van der Waals surface area (Å²) in [6.45, 7) is 9.02. The maximum absolute atomic E-state index is 14.8. The molecular formula is C48H74O21. The zero-order chi connectivity index (χ0) is 50.6. The van der Waals surface area contributed by atoms with Gasteiger partial charge in [0.1, 0.15) is 61.0 Å². The Kier molecular flexibility index (Phi) is 14.4. The number of carbonyl (C=O) groups is 3. The monoisotopic (exact) mass is 986 g/mol. The molecule has 0 bridgehead atoms. The molecule has 4 saturated carbocycles. The minimum Gasteiger partial charge on any atom is -0.479 e. The highest BCUT2D eigenvalue weighted by molar-refractivity contribution is 5.81. The number of aliphatic hydroxyl groups excluding tert-OH is 10. The van der Waals surface area contributed by atoms with Crippen LogP contribution in [-0.4, -0.2) is 193 Å². The van der Waals surface area contributed by atoms with Gasteiger partial charge in [-0.2, -0.15) is 0 Å². The predicted octanol–water partition coefficient (Wildman–Crippen LogP) is -1.00. The molecule has 11 N–H and O–H groups in total. The van der Waals surface area contributed by atoms with Gasteiger partial charge in [0.25, 0.3) is 0 Å². The van der Waals surface area contributed by atoms with Crippen molar-refractivity contribution in [2.24, 2.45) is 50.2 Å². The summed E-state index contributed by atoms with van der Waals surface area (Å²) >= 11 is 0. The third-order valence-corrected chi connectivity index (χ3v) is 19.5. The van der Waals surface area contributed by atoms with E-state index in [1.165, 1.54) is 7.11 Å². The second-order valence-corrected chi connectivity index (χ2v) is 22.8. The first-order valence-corrected chi connectivity index (χ1v) is 24.4. The molecule has 0 spiro atoms. The molecule has 0 radical (unpaired) electrons. The van der Waals surface area contributed by atoms with Gasteiger partial charge >= 0.3 is 17.9 Å². The summed E-state index contributed by atoms with van der Waals surface area (Å²) in [5.41, 5.74) is -3.37. The van der Waals surface area contributed by atoms with Crippen LogP contribution in [0.25, 0.3) is 0 Å². The van der Waals surface area contributed by atoms with E-state index in [2.05, 4.69) is 26.8 Å². The molecule has 0 amide bonds. The minimum atomic E-state index is -1.97. The van der Waals surface area contributed by atoms with Crippen LogP contribution in [0.1, 0.15) is 98.8 Å². The number of fused-ring (bicyclic) bond motifs is 7. The number of methoxy groups -OCH3 is 1. The Balaban J connectivity index is 1.07. The molecule has 0 aromatic rings. The number of ether oxygens (including phenoxy) is 7. The van der Waals surface area contributed by atoms with Crippen molar-refractivity contribution in [3.63, 3.8) is 0 Å². The Labute approximate surface area is 400 Å². The Hall–Kier alpha value is -2.45. The van der Waals surface area contributed by atoms with Crippen LogP contribution in [-0.2, 0) is 47.5 Å². The van der Waals surface area contributed by atoms with Crippen LogP contribution in [0.5, 0.6) is 0 Å². The first kappa shape index (κ1) is 52.9. The topological polar surface area (TPSA) is 338 Å². The summed E-state index contributed by atoms with van der Waals surface area (Å²) in [5.74, 6) is -3.30. The molecule has 8 rings (SSSR count). The lowest BCUT2D eigenvalue weighted by atomic mass is 9.33. The van der Waals surface area contributed by atoms with Gasteiger partial charge < -0.3 is 89.3 Å². The highest BCUT2D eigenvalue weighted by Gasteiger charge is 2.71. The maximum Gasteiger partial charge on any atom is 0.335 e. The van der Waals surface area contributed by atoms with Gasteiger partial charge in [-0.3, -0.25) is 9.59 Å². The quantitative estimate of drug-likeness (QED) is 0.0710.